The second-order valence-electron chi connectivity index (χ2n) is 6.71. The predicted octanol–water partition coefficient (Wildman–Crippen LogP) is 3.05. The molecule has 0 unspecified atom stereocenters. The number of halogens is 3. The summed E-state index contributed by atoms with van der Waals surface area (Å²) in [6, 6.07) is 2.07. The Morgan fingerprint density at radius 3 is 2.96 bits per heavy atom. The number of anilines is 1. The molecule has 2 aromatic heterocycles. The second-order valence-corrected chi connectivity index (χ2v) is 6.71. The third kappa shape index (κ3) is 3.66. The number of carbonyl (C=O) groups is 1. The fourth-order valence-corrected chi connectivity index (χ4v) is 3.46. The highest BCUT2D eigenvalue weighted by Crippen LogP contribution is 2.43. The minimum Gasteiger partial charge on any atom is -0.467 e. The highest BCUT2D eigenvalue weighted by Gasteiger charge is 2.47. The van der Waals surface area contributed by atoms with E-state index in [0.29, 0.717) is 18.9 Å². The van der Waals surface area contributed by atoms with Crippen molar-refractivity contribution in [3.8, 4) is 0 Å². The van der Waals surface area contributed by atoms with Gasteiger partial charge >= 0.3 is 6.18 Å². The second kappa shape index (κ2) is 6.91. The van der Waals surface area contributed by atoms with Gasteiger partial charge in [-0.1, -0.05) is 0 Å². The molecule has 0 aliphatic carbocycles. The number of ether oxygens (including phenoxy) is 1. The molecular formula is C17H19F3N4O3. The van der Waals surface area contributed by atoms with Crippen molar-refractivity contribution in [3.63, 3.8) is 0 Å². The Bertz CT molecular complexity index is 797. The maximum absolute atomic E-state index is 13.6. The number of hydrogen-bond acceptors (Lipinski definition) is 5. The number of hydrogen-bond donors (Lipinski definition) is 2. The van der Waals surface area contributed by atoms with E-state index >= 15 is 0 Å². The zero-order valence-electron chi connectivity index (χ0n) is 14.3. The number of nitrogens with zero attached hydrogens (tertiary/aromatic N) is 2. The standard InChI is InChI=1S/C17H19F3N4O3/c18-17(19,20)14-7-11(13-4-2-6-27-13)22-15-8-12(23-24(14)15)16(25)21-9-10-3-1-5-26-10/h2,4,6,8,10-11,14,22H,1,3,5,7,9H2,(H,21,25)/t10-,11-,14-/m0/s1. The molecule has 27 heavy (non-hydrogen) atoms. The van der Waals surface area contributed by atoms with Crippen LogP contribution in [0.2, 0.25) is 0 Å². The van der Waals surface area contributed by atoms with Crippen LogP contribution in [0.3, 0.4) is 0 Å². The fraction of sp³-hybridized carbons (Fsp3) is 0.529. The molecule has 146 valence electrons. The zero-order chi connectivity index (χ0) is 19.0. The number of alkyl halides is 3. The van der Waals surface area contributed by atoms with E-state index in [-0.39, 0.29) is 24.0 Å². The van der Waals surface area contributed by atoms with E-state index in [1.165, 1.54) is 12.3 Å². The molecule has 0 saturated carbocycles. The summed E-state index contributed by atoms with van der Waals surface area (Å²) in [6.45, 7) is 0.969. The topological polar surface area (TPSA) is 81.3 Å². The Balaban J connectivity index is 1.55. The number of fused-ring (bicyclic) bond motifs is 1. The minimum absolute atomic E-state index is 0.0597. The van der Waals surface area contributed by atoms with E-state index in [9.17, 15) is 18.0 Å². The summed E-state index contributed by atoms with van der Waals surface area (Å²) in [6.07, 6.45) is -1.64. The van der Waals surface area contributed by atoms with Crippen LogP contribution in [0, 0.1) is 0 Å². The Morgan fingerprint density at radius 1 is 1.44 bits per heavy atom. The number of nitrogens with one attached hydrogen (secondary N) is 2. The smallest absolute Gasteiger partial charge is 0.410 e. The van der Waals surface area contributed by atoms with Crippen LogP contribution >= 0.6 is 0 Å². The minimum atomic E-state index is -4.50. The average Bonchev–Trinajstić information content (AvgIpc) is 3.38. The molecule has 3 atom stereocenters. The molecule has 10 heteroatoms. The quantitative estimate of drug-likeness (QED) is 0.847. The van der Waals surface area contributed by atoms with Gasteiger partial charge in [-0.05, 0) is 25.0 Å². The van der Waals surface area contributed by atoms with Gasteiger partial charge in [-0.15, -0.1) is 0 Å². The molecule has 0 spiro atoms. The number of furan rings is 1. The molecule has 0 aromatic carbocycles. The first kappa shape index (κ1) is 17.9. The van der Waals surface area contributed by atoms with Crippen molar-refractivity contribution in [3.05, 3.63) is 35.9 Å². The van der Waals surface area contributed by atoms with Crippen molar-refractivity contribution in [2.45, 2.75) is 43.6 Å². The first-order valence-electron chi connectivity index (χ1n) is 8.78. The summed E-state index contributed by atoms with van der Waals surface area (Å²) in [7, 11) is 0. The van der Waals surface area contributed by atoms with Crippen LogP contribution in [0.1, 0.15) is 47.6 Å². The zero-order valence-corrected chi connectivity index (χ0v) is 14.3. The van der Waals surface area contributed by atoms with Crippen molar-refractivity contribution in [2.24, 2.45) is 0 Å². The third-order valence-corrected chi connectivity index (χ3v) is 4.82. The summed E-state index contributed by atoms with van der Waals surface area (Å²) in [5.41, 5.74) is -0.0650. The number of aromatic nitrogens is 2. The van der Waals surface area contributed by atoms with Gasteiger partial charge < -0.3 is 19.8 Å². The van der Waals surface area contributed by atoms with Crippen LogP contribution in [0.4, 0.5) is 19.0 Å². The summed E-state index contributed by atoms with van der Waals surface area (Å²) in [4.78, 5) is 12.3. The van der Waals surface area contributed by atoms with E-state index < -0.39 is 24.2 Å². The first-order valence-corrected chi connectivity index (χ1v) is 8.78. The van der Waals surface area contributed by atoms with Gasteiger partial charge in [-0.25, -0.2) is 4.68 Å². The van der Waals surface area contributed by atoms with Gasteiger partial charge in [-0.2, -0.15) is 18.3 Å². The lowest BCUT2D eigenvalue weighted by molar-refractivity contribution is -0.174. The van der Waals surface area contributed by atoms with Gasteiger partial charge in [0.2, 0.25) is 0 Å². The molecule has 2 aliphatic rings. The van der Waals surface area contributed by atoms with Crippen molar-refractivity contribution in [1.82, 2.24) is 15.1 Å². The van der Waals surface area contributed by atoms with Crippen LogP contribution in [0.25, 0.3) is 0 Å². The van der Waals surface area contributed by atoms with Gasteiger partial charge in [0.15, 0.2) is 11.7 Å². The molecule has 0 bridgehead atoms. The van der Waals surface area contributed by atoms with Crippen molar-refractivity contribution >= 4 is 11.7 Å². The van der Waals surface area contributed by atoms with Crippen molar-refractivity contribution < 1.29 is 27.1 Å². The molecule has 1 saturated heterocycles. The summed E-state index contributed by atoms with van der Waals surface area (Å²) < 4.78 is 52.2. The third-order valence-electron chi connectivity index (χ3n) is 4.82. The predicted molar refractivity (Wildman–Crippen MR) is 88.3 cm³/mol. The highest BCUT2D eigenvalue weighted by atomic mass is 19.4. The monoisotopic (exact) mass is 384 g/mol. The van der Waals surface area contributed by atoms with E-state index in [2.05, 4.69) is 15.7 Å². The summed E-state index contributed by atoms with van der Waals surface area (Å²) >= 11 is 0. The van der Waals surface area contributed by atoms with Crippen LogP contribution in [0.15, 0.2) is 28.9 Å². The molecule has 7 nitrogen and oxygen atoms in total. The van der Waals surface area contributed by atoms with E-state index in [0.717, 1.165) is 17.5 Å². The Kier molecular flexibility index (Phi) is 4.58. The molecule has 1 amide bonds. The van der Waals surface area contributed by atoms with Crippen molar-refractivity contribution in [2.75, 3.05) is 18.5 Å². The van der Waals surface area contributed by atoms with Gasteiger partial charge in [0.05, 0.1) is 18.4 Å². The molecule has 0 radical (unpaired) electrons. The SMILES string of the molecule is O=C(NC[C@@H]1CCCO1)c1cc2n(n1)[C@H](C(F)(F)F)C[C@@H](c1ccco1)N2. The lowest BCUT2D eigenvalue weighted by Crippen LogP contribution is -2.36. The Labute approximate surface area is 152 Å². The van der Waals surface area contributed by atoms with Crippen LogP contribution in [-0.2, 0) is 4.74 Å². The molecule has 2 aliphatic heterocycles. The Morgan fingerprint density at radius 2 is 2.30 bits per heavy atom. The lowest BCUT2D eigenvalue weighted by Gasteiger charge is -2.32. The van der Waals surface area contributed by atoms with E-state index in [1.807, 2.05) is 0 Å². The van der Waals surface area contributed by atoms with Gasteiger partial charge in [0.1, 0.15) is 11.6 Å². The highest BCUT2D eigenvalue weighted by molar-refractivity contribution is 5.93. The van der Waals surface area contributed by atoms with Gasteiger partial charge in [0, 0.05) is 25.6 Å². The number of amides is 1. The van der Waals surface area contributed by atoms with E-state index in [4.69, 9.17) is 9.15 Å². The molecular weight excluding hydrogens is 365 g/mol. The van der Waals surface area contributed by atoms with Crippen LogP contribution < -0.4 is 10.6 Å². The Hall–Kier alpha value is -2.49. The first-order chi connectivity index (χ1) is 12.9. The lowest BCUT2D eigenvalue weighted by atomic mass is 10.0. The normalized spacial score (nSPS) is 25.1. The van der Waals surface area contributed by atoms with E-state index in [1.54, 1.807) is 12.1 Å². The summed E-state index contributed by atoms with van der Waals surface area (Å²) in [5, 5.41) is 9.56. The van der Waals surface area contributed by atoms with Crippen LogP contribution in [-0.4, -0.2) is 41.1 Å². The number of carbonyl (C=O) groups excluding carboxylic acids is 1. The number of rotatable bonds is 4. The molecule has 1 fully saturated rings. The van der Waals surface area contributed by atoms with Crippen molar-refractivity contribution in [1.29, 1.82) is 0 Å². The van der Waals surface area contributed by atoms with Gasteiger partial charge in [0.25, 0.3) is 5.91 Å². The fourth-order valence-electron chi connectivity index (χ4n) is 3.46. The largest absolute Gasteiger partial charge is 0.467 e. The maximum atomic E-state index is 13.6. The average molecular weight is 384 g/mol. The molecule has 2 N–H and O–H groups in total. The van der Waals surface area contributed by atoms with Gasteiger partial charge in [-0.3, -0.25) is 4.79 Å². The molecule has 2 aromatic rings. The summed E-state index contributed by atoms with van der Waals surface area (Å²) in [5.74, 6) is 0.0120. The molecule has 4 rings (SSSR count). The molecule has 4 heterocycles. The maximum Gasteiger partial charge on any atom is 0.410 e. The van der Waals surface area contributed by atoms with Crippen LogP contribution in [0.5, 0.6) is 0 Å².